The smallest absolute Gasteiger partial charge is 0.0867 e. The zero-order chi connectivity index (χ0) is 16.6. The molecule has 4 fully saturated rings. The van der Waals surface area contributed by atoms with Gasteiger partial charge in [-0.1, -0.05) is 13.8 Å². The molecule has 0 aromatic carbocycles. The van der Waals surface area contributed by atoms with Crippen molar-refractivity contribution in [2.75, 3.05) is 6.54 Å². The molecule has 132 valence electrons. The summed E-state index contributed by atoms with van der Waals surface area (Å²) in [6, 6.07) is 0.208. The lowest BCUT2D eigenvalue weighted by molar-refractivity contribution is -0.153. The van der Waals surface area contributed by atoms with Gasteiger partial charge >= 0.3 is 0 Å². The molecule has 23 heavy (non-hydrogen) atoms. The van der Waals surface area contributed by atoms with E-state index < -0.39 is 18.3 Å². The molecular formula is C18H31NO4. The van der Waals surface area contributed by atoms with Crippen molar-refractivity contribution in [2.24, 2.45) is 28.6 Å². The van der Waals surface area contributed by atoms with Crippen LogP contribution in [-0.2, 0) is 0 Å². The average molecular weight is 325 g/mol. The van der Waals surface area contributed by atoms with Crippen LogP contribution in [-0.4, -0.2) is 57.4 Å². The standard InChI is InChI=1S/C18H31NO4/c1-17-4-3-10(20)5-9(17)6-12(21)14-11-7-13(22)16(23)18(11,2)8-19-15(14)17/h9-16,19-23H,3-8H2,1-2H3/t9-,10+,11?,12?,13-,14?,15?,16+,17+,18+/m1/s1. The maximum Gasteiger partial charge on any atom is 0.0867 e. The number of nitrogens with one attached hydrogen (secondary N) is 1. The Bertz CT molecular complexity index is 488. The van der Waals surface area contributed by atoms with Gasteiger partial charge in [-0.05, 0) is 49.4 Å². The third-order valence-electron chi connectivity index (χ3n) is 8.12. The van der Waals surface area contributed by atoms with Crippen LogP contribution in [0.3, 0.4) is 0 Å². The Morgan fingerprint density at radius 1 is 0.913 bits per heavy atom. The van der Waals surface area contributed by atoms with Crippen molar-refractivity contribution in [1.82, 2.24) is 5.32 Å². The predicted molar refractivity (Wildman–Crippen MR) is 85.6 cm³/mol. The van der Waals surface area contributed by atoms with Gasteiger partial charge in [-0.25, -0.2) is 0 Å². The number of hydrogen-bond acceptors (Lipinski definition) is 5. The third kappa shape index (κ3) is 2.10. The number of aliphatic hydroxyl groups is 4. The summed E-state index contributed by atoms with van der Waals surface area (Å²) in [5.74, 6) is 0.575. The number of hydrogen-bond donors (Lipinski definition) is 5. The summed E-state index contributed by atoms with van der Waals surface area (Å²) >= 11 is 0. The molecule has 0 spiro atoms. The monoisotopic (exact) mass is 325 g/mol. The fourth-order valence-electron chi connectivity index (χ4n) is 6.63. The van der Waals surface area contributed by atoms with Crippen LogP contribution in [0.15, 0.2) is 0 Å². The summed E-state index contributed by atoms with van der Waals surface area (Å²) in [5, 5.41) is 45.3. The van der Waals surface area contributed by atoms with Gasteiger partial charge in [-0.15, -0.1) is 0 Å². The Balaban J connectivity index is 1.68. The molecule has 5 heteroatoms. The van der Waals surface area contributed by atoms with E-state index in [0.717, 1.165) is 25.7 Å². The number of rotatable bonds is 0. The second kappa shape index (κ2) is 5.15. The summed E-state index contributed by atoms with van der Waals surface area (Å²) in [6.07, 6.45) is 1.86. The van der Waals surface area contributed by atoms with E-state index in [4.69, 9.17) is 0 Å². The lowest BCUT2D eigenvalue weighted by Gasteiger charge is -2.61. The first-order chi connectivity index (χ1) is 10.8. The Morgan fingerprint density at radius 2 is 1.65 bits per heavy atom. The Kier molecular flexibility index (Phi) is 3.64. The first kappa shape index (κ1) is 16.3. The molecule has 5 nitrogen and oxygen atoms in total. The number of piperidine rings is 1. The first-order valence-corrected chi connectivity index (χ1v) is 9.23. The molecule has 4 unspecified atom stereocenters. The highest BCUT2D eigenvalue weighted by Crippen LogP contribution is 2.60. The maximum absolute atomic E-state index is 10.9. The molecule has 1 saturated heterocycles. The van der Waals surface area contributed by atoms with Crippen LogP contribution in [0, 0.1) is 28.6 Å². The lowest BCUT2D eigenvalue weighted by atomic mass is 9.49. The third-order valence-corrected chi connectivity index (χ3v) is 8.12. The van der Waals surface area contributed by atoms with Crippen molar-refractivity contribution in [3.8, 4) is 0 Å². The van der Waals surface area contributed by atoms with Gasteiger partial charge in [0.05, 0.1) is 24.4 Å². The van der Waals surface area contributed by atoms with Crippen LogP contribution in [0.1, 0.15) is 46.0 Å². The van der Waals surface area contributed by atoms with Crippen molar-refractivity contribution >= 4 is 0 Å². The average Bonchev–Trinajstić information content (AvgIpc) is 2.73. The maximum atomic E-state index is 10.9. The molecule has 3 aliphatic carbocycles. The van der Waals surface area contributed by atoms with E-state index in [1.165, 1.54) is 0 Å². The number of aliphatic hydroxyl groups excluding tert-OH is 4. The van der Waals surface area contributed by atoms with Crippen LogP contribution >= 0.6 is 0 Å². The Morgan fingerprint density at radius 3 is 2.39 bits per heavy atom. The van der Waals surface area contributed by atoms with Gasteiger partial charge in [0.1, 0.15) is 0 Å². The molecular weight excluding hydrogens is 294 g/mol. The zero-order valence-corrected chi connectivity index (χ0v) is 14.2. The van der Waals surface area contributed by atoms with Crippen LogP contribution in [0.4, 0.5) is 0 Å². The Labute approximate surface area is 138 Å². The van der Waals surface area contributed by atoms with Crippen LogP contribution in [0.25, 0.3) is 0 Å². The second-order valence-corrected chi connectivity index (χ2v) is 9.23. The molecule has 1 heterocycles. The largest absolute Gasteiger partial charge is 0.393 e. The van der Waals surface area contributed by atoms with E-state index in [2.05, 4.69) is 12.2 Å². The summed E-state index contributed by atoms with van der Waals surface area (Å²) in [7, 11) is 0. The molecule has 10 atom stereocenters. The zero-order valence-electron chi connectivity index (χ0n) is 14.2. The second-order valence-electron chi connectivity index (χ2n) is 9.23. The van der Waals surface area contributed by atoms with Gasteiger partial charge in [0.25, 0.3) is 0 Å². The SMILES string of the molecule is C[C@]12CNC3C(C(O)C[C@H]4C[C@@H](O)CC[C@]34C)C1C[C@@H](O)[C@@H]2O. The fraction of sp³-hybridized carbons (Fsp3) is 1.00. The fourth-order valence-corrected chi connectivity index (χ4v) is 6.63. The minimum absolute atomic E-state index is 0.0806. The summed E-state index contributed by atoms with van der Waals surface area (Å²) in [6.45, 7) is 5.05. The highest BCUT2D eigenvalue weighted by atomic mass is 16.3. The van der Waals surface area contributed by atoms with Crippen LogP contribution in [0.2, 0.25) is 0 Å². The van der Waals surface area contributed by atoms with Crippen molar-refractivity contribution in [1.29, 1.82) is 0 Å². The van der Waals surface area contributed by atoms with E-state index in [0.29, 0.717) is 18.9 Å². The van der Waals surface area contributed by atoms with Crippen molar-refractivity contribution in [3.05, 3.63) is 0 Å². The van der Waals surface area contributed by atoms with E-state index in [1.54, 1.807) is 0 Å². The molecule has 4 rings (SSSR count). The van der Waals surface area contributed by atoms with Crippen LogP contribution in [0.5, 0.6) is 0 Å². The van der Waals surface area contributed by atoms with Gasteiger partial charge in [-0.2, -0.15) is 0 Å². The van der Waals surface area contributed by atoms with E-state index >= 15 is 0 Å². The van der Waals surface area contributed by atoms with Gasteiger partial charge < -0.3 is 25.7 Å². The first-order valence-electron chi connectivity index (χ1n) is 9.23. The molecule has 0 aromatic rings. The summed E-state index contributed by atoms with van der Waals surface area (Å²) < 4.78 is 0. The molecule has 4 aliphatic rings. The normalized spacial score (nSPS) is 62.3. The summed E-state index contributed by atoms with van der Waals surface area (Å²) in [5.41, 5.74) is -0.276. The van der Waals surface area contributed by atoms with Crippen molar-refractivity contribution < 1.29 is 20.4 Å². The topological polar surface area (TPSA) is 93.0 Å². The molecule has 0 radical (unpaired) electrons. The minimum atomic E-state index is -0.716. The van der Waals surface area contributed by atoms with Crippen molar-refractivity contribution in [3.63, 3.8) is 0 Å². The van der Waals surface area contributed by atoms with Gasteiger partial charge in [0.15, 0.2) is 0 Å². The minimum Gasteiger partial charge on any atom is -0.393 e. The lowest BCUT2D eigenvalue weighted by Crippen LogP contribution is -2.69. The van der Waals surface area contributed by atoms with E-state index in [-0.39, 0.29) is 34.8 Å². The molecule has 1 aliphatic heterocycles. The molecule has 3 saturated carbocycles. The van der Waals surface area contributed by atoms with Crippen molar-refractivity contribution in [2.45, 2.75) is 76.4 Å². The summed E-state index contributed by atoms with van der Waals surface area (Å²) in [4.78, 5) is 0. The van der Waals surface area contributed by atoms with Gasteiger partial charge in [0, 0.05) is 23.9 Å². The Hall–Kier alpha value is -0.200. The molecule has 0 amide bonds. The predicted octanol–water partition coefficient (Wildman–Crippen LogP) is 0.254. The molecule has 0 bridgehead atoms. The van der Waals surface area contributed by atoms with E-state index in [9.17, 15) is 20.4 Å². The highest BCUT2D eigenvalue weighted by Gasteiger charge is 2.64. The quantitative estimate of drug-likeness (QED) is 0.440. The van der Waals surface area contributed by atoms with E-state index in [1.807, 2.05) is 6.92 Å². The van der Waals surface area contributed by atoms with Gasteiger partial charge in [-0.3, -0.25) is 0 Å². The van der Waals surface area contributed by atoms with Gasteiger partial charge in [0.2, 0.25) is 0 Å². The number of fused-ring (bicyclic) bond motifs is 5. The molecule has 5 N–H and O–H groups in total. The highest BCUT2D eigenvalue weighted by molar-refractivity contribution is 5.16. The molecule has 0 aromatic heterocycles. The van der Waals surface area contributed by atoms with Crippen LogP contribution < -0.4 is 5.32 Å².